The van der Waals surface area contributed by atoms with Gasteiger partial charge in [-0.15, -0.1) is 0 Å². The van der Waals surface area contributed by atoms with Gasteiger partial charge in [-0.2, -0.15) is 5.10 Å². The third kappa shape index (κ3) is 4.43. The predicted octanol–water partition coefficient (Wildman–Crippen LogP) is 3.19. The molecule has 0 bridgehead atoms. The Labute approximate surface area is 146 Å². The van der Waals surface area contributed by atoms with E-state index < -0.39 is 10.0 Å². The summed E-state index contributed by atoms with van der Waals surface area (Å²) >= 11 is 3.49. The number of nitrogens with one attached hydrogen (secondary N) is 1. The predicted molar refractivity (Wildman–Crippen MR) is 95.0 cm³/mol. The number of aryl methyl sites for hydroxylation is 3. The zero-order valence-corrected chi connectivity index (χ0v) is 16.0. The van der Waals surface area contributed by atoms with Gasteiger partial charge in [0.2, 0.25) is 10.0 Å². The standard InChI is InChI=1S/C16H22BrN3O2S/c1-4-14-6-8-15(9-7-14)23(21,22)18-10-5-11-20-13(3)16(17)12(2)19-20/h6-9,18H,4-5,10-11H2,1-3H3. The van der Waals surface area contributed by atoms with Crippen molar-refractivity contribution >= 4 is 26.0 Å². The molecule has 0 unspecified atom stereocenters. The van der Waals surface area contributed by atoms with E-state index in [0.717, 1.165) is 27.8 Å². The second kappa shape index (κ2) is 7.59. The van der Waals surface area contributed by atoms with Gasteiger partial charge in [0.05, 0.1) is 15.1 Å². The zero-order valence-electron chi connectivity index (χ0n) is 13.6. The SMILES string of the molecule is CCc1ccc(S(=O)(=O)NCCCn2nc(C)c(Br)c2C)cc1. The van der Waals surface area contributed by atoms with Gasteiger partial charge in [-0.05, 0) is 60.3 Å². The second-order valence-corrected chi connectivity index (χ2v) is 8.02. The molecule has 0 aliphatic rings. The van der Waals surface area contributed by atoms with Gasteiger partial charge >= 0.3 is 0 Å². The minimum Gasteiger partial charge on any atom is -0.268 e. The molecule has 0 saturated heterocycles. The molecule has 7 heteroatoms. The van der Waals surface area contributed by atoms with E-state index in [9.17, 15) is 8.42 Å². The molecule has 0 aliphatic heterocycles. The molecule has 0 atom stereocenters. The number of sulfonamides is 1. The lowest BCUT2D eigenvalue weighted by molar-refractivity contribution is 0.544. The number of rotatable bonds is 7. The van der Waals surface area contributed by atoms with E-state index in [4.69, 9.17) is 0 Å². The number of hydrogen-bond donors (Lipinski definition) is 1. The maximum absolute atomic E-state index is 12.2. The molecule has 0 radical (unpaired) electrons. The molecule has 0 aliphatic carbocycles. The normalized spacial score (nSPS) is 11.8. The van der Waals surface area contributed by atoms with E-state index in [0.29, 0.717) is 24.4 Å². The topological polar surface area (TPSA) is 64.0 Å². The van der Waals surface area contributed by atoms with E-state index >= 15 is 0 Å². The average Bonchev–Trinajstić information content (AvgIpc) is 2.79. The van der Waals surface area contributed by atoms with E-state index in [-0.39, 0.29) is 0 Å². The molecule has 1 N–H and O–H groups in total. The first kappa shape index (κ1) is 18.2. The molecule has 0 saturated carbocycles. The summed E-state index contributed by atoms with van der Waals surface area (Å²) < 4.78 is 30.0. The van der Waals surface area contributed by atoms with Crippen molar-refractivity contribution < 1.29 is 8.42 Å². The van der Waals surface area contributed by atoms with Gasteiger partial charge in [-0.25, -0.2) is 13.1 Å². The fraction of sp³-hybridized carbons (Fsp3) is 0.438. The van der Waals surface area contributed by atoms with Gasteiger partial charge in [0.1, 0.15) is 0 Å². The molecule has 2 aromatic rings. The first-order valence-corrected chi connectivity index (χ1v) is 9.91. The first-order chi connectivity index (χ1) is 10.8. The third-order valence-electron chi connectivity index (χ3n) is 3.77. The Morgan fingerprint density at radius 1 is 1.22 bits per heavy atom. The lowest BCUT2D eigenvalue weighted by atomic mass is 10.2. The Balaban J connectivity index is 1.90. The number of benzene rings is 1. The minimum absolute atomic E-state index is 0.309. The summed E-state index contributed by atoms with van der Waals surface area (Å²) in [5, 5.41) is 4.41. The van der Waals surface area contributed by atoms with Crippen LogP contribution >= 0.6 is 15.9 Å². The van der Waals surface area contributed by atoms with Crippen molar-refractivity contribution in [3.63, 3.8) is 0 Å². The van der Waals surface area contributed by atoms with Gasteiger partial charge in [0.15, 0.2) is 0 Å². The highest BCUT2D eigenvalue weighted by Gasteiger charge is 2.13. The van der Waals surface area contributed by atoms with Crippen LogP contribution in [0.4, 0.5) is 0 Å². The second-order valence-electron chi connectivity index (χ2n) is 5.46. The molecule has 1 heterocycles. The van der Waals surface area contributed by atoms with Crippen molar-refractivity contribution in [2.75, 3.05) is 6.54 Å². The third-order valence-corrected chi connectivity index (χ3v) is 6.40. The summed E-state index contributed by atoms with van der Waals surface area (Å²) in [5.74, 6) is 0. The molecular weight excluding hydrogens is 378 g/mol. The van der Waals surface area contributed by atoms with Crippen LogP contribution in [0.15, 0.2) is 33.6 Å². The highest BCUT2D eigenvalue weighted by molar-refractivity contribution is 9.10. The fourth-order valence-electron chi connectivity index (χ4n) is 2.32. The summed E-state index contributed by atoms with van der Waals surface area (Å²) in [7, 11) is -3.44. The Bertz CT molecular complexity index is 767. The summed E-state index contributed by atoms with van der Waals surface area (Å²) in [6.45, 7) is 7.03. The smallest absolute Gasteiger partial charge is 0.240 e. The summed E-state index contributed by atoms with van der Waals surface area (Å²) in [4.78, 5) is 0.309. The molecule has 1 aromatic heterocycles. The monoisotopic (exact) mass is 399 g/mol. The van der Waals surface area contributed by atoms with Crippen LogP contribution in [-0.4, -0.2) is 24.7 Å². The molecule has 23 heavy (non-hydrogen) atoms. The summed E-state index contributed by atoms with van der Waals surface area (Å²) in [6, 6.07) is 7.00. The van der Waals surface area contributed by atoms with Crippen LogP contribution in [0.1, 0.15) is 30.3 Å². The van der Waals surface area contributed by atoms with E-state index in [1.807, 2.05) is 37.6 Å². The number of nitrogens with zero attached hydrogens (tertiary/aromatic N) is 2. The van der Waals surface area contributed by atoms with Crippen molar-refractivity contribution in [3.05, 3.63) is 45.7 Å². The summed E-state index contributed by atoms with van der Waals surface area (Å²) in [6.07, 6.45) is 1.58. The van der Waals surface area contributed by atoms with Crippen LogP contribution in [-0.2, 0) is 23.0 Å². The quantitative estimate of drug-likeness (QED) is 0.726. The van der Waals surface area contributed by atoms with Gasteiger partial charge in [-0.1, -0.05) is 19.1 Å². The first-order valence-electron chi connectivity index (χ1n) is 7.63. The lowest BCUT2D eigenvalue weighted by Crippen LogP contribution is -2.25. The Kier molecular flexibility index (Phi) is 6.00. The number of aromatic nitrogens is 2. The minimum atomic E-state index is -3.44. The Morgan fingerprint density at radius 2 is 1.87 bits per heavy atom. The van der Waals surface area contributed by atoms with Crippen molar-refractivity contribution in [2.24, 2.45) is 0 Å². The van der Waals surface area contributed by atoms with Crippen LogP contribution in [0, 0.1) is 13.8 Å². The lowest BCUT2D eigenvalue weighted by Gasteiger charge is -2.08. The van der Waals surface area contributed by atoms with E-state index in [2.05, 4.69) is 25.8 Å². The fourth-order valence-corrected chi connectivity index (χ4v) is 3.67. The highest BCUT2D eigenvalue weighted by Crippen LogP contribution is 2.19. The zero-order chi connectivity index (χ0) is 17.0. The van der Waals surface area contributed by atoms with Gasteiger partial charge in [0, 0.05) is 18.8 Å². The van der Waals surface area contributed by atoms with Gasteiger partial charge < -0.3 is 0 Å². The highest BCUT2D eigenvalue weighted by atomic mass is 79.9. The number of hydrogen-bond acceptors (Lipinski definition) is 3. The van der Waals surface area contributed by atoms with E-state index in [1.165, 1.54) is 0 Å². The van der Waals surface area contributed by atoms with Gasteiger partial charge in [-0.3, -0.25) is 4.68 Å². The maximum Gasteiger partial charge on any atom is 0.240 e. The molecule has 126 valence electrons. The van der Waals surface area contributed by atoms with Gasteiger partial charge in [0.25, 0.3) is 0 Å². The number of halogens is 1. The van der Waals surface area contributed by atoms with Crippen LogP contribution in [0.25, 0.3) is 0 Å². The maximum atomic E-state index is 12.2. The Morgan fingerprint density at radius 3 is 2.39 bits per heavy atom. The largest absolute Gasteiger partial charge is 0.268 e. The molecule has 0 spiro atoms. The van der Waals surface area contributed by atoms with Crippen molar-refractivity contribution in [1.29, 1.82) is 0 Å². The molecule has 1 aromatic carbocycles. The molecule has 0 fully saturated rings. The van der Waals surface area contributed by atoms with Crippen LogP contribution in [0.3, 0.4) is 0 Å². The Hall–Kier alpha value is -1.18. The van der Waals surface area contributed by atoms with Crippen LogP contribution in [0.2, 0.25) is 0 Å². The van der Waals surface area contributed by atoms with Crippen LogP contribution in [0.5, 0.6) is 0 Å². The van der Waals surface area contributed by atoms with Crippen molar-refractivity contribution in [2.45, 2.75) is 45.1 Å². The van der Waals surface area contributed by atoms with Crippen LogP contribution < -0.4 is 4.72 Å². The molecule has 0 amide bonds. The van der Waals surface area contributed by atoms with Crippen molar-refractivity contribution in [1.82, 2.24) is 14.5 Å². The molecule has 5 nitrogen and oxygen atoms in total. The molecule has 2 rings (SSSR count). The van der Waals surface area contributed by atoms with E-state index in [1.54, 1.807) is 12.1 Å². The van der Waals surface area contributed by atoms with Crippen molar-refractivity contribution in [3.8, 4) is 0 Å². The summed E-state index contributed by atoms with van der Waals surface area (Å²) in [5.41, 5.74) is 3.12. The molecular formula is C16H22BrN3O2S. The average molecular weight is 400 g/mol.